The third-order valence-corrected chi connectivity index (χ3v) is 4.16. The molecule has 0 bridgehead atoms. The summed E-state index contributed by atoms with van der Waals surface area (Å²) in [7, 11) is 1.77. The minimum atomic E-state index is -0.449. The number of hydrogen-bond donors (Lipinski definition) is 0. The Hall–Kier alpha value is -2.43. The maximum absolute atomic E-state index is 12.7. The van der Waals surface area contributed by atoms with E-state index in [9.17, 15) is 9.59 Å². The Morgan fingerprint density at radius 1 is 1.18 bits per heavy atom. The molecule has 1 aliphatic heterocycles. The van der Waals surface area contributed by atoms with Gasteiger partial charge in [0.25, 0.3) is 11.7 Å². The van der Waals surface area contributed by atoms with E-state index in [4.69, 9.17) is 0 Å². The van der Waals surface area contributed by atoms with Crippen molar-refractivity contribution in [3.63, 3.8) is 0 Å². The topological polar surface area (TPSA) is 55.2 Å². The van der Waals surface area contributed by atoms with Gasteiger partial charge in [-0.3, -0.25) is 14.6 Å². The van der Waals surface area contributed by atoms with Crippen LogP contribution in [0, 0.1) is 0 Å². The molecule has 22 heavy (non-hydrogen) atoms. The lowest BCUT2D eigenvalue weighted by molar-refractivity contribution is -0.130. The number of likely N-dealkylation sites (tertiary alicyclic amines) is 1. The van der Waals surface area contributed by atoms with Crippen molar-refractivity contribution in [2.24, 2.45) is 7.05 Å². The molecule has 0 N–H and O–H groups in total. The fourth-order valence-electron chi connectivity index (χ4n) is 2.99. The molecule has 5 heteroatoms. The first-order valence-electron chi connectivity index (χ1n) is 7.56. The van der Waals surface area contributed by atoms with E-state index in [1.165, 1.54) is 0 Å². The predicted octanol–water partition coefficient (Wildman–Crippen LogP) is 2.36. The van der Waals surface area contributed by atoms with Gasteiger partial charge in [-0.15, -0.1) is 0 Å². The standard InChI is InChI=1S/C17H19N3O2/c1-19-11-6-9-15(19)16(21)17(22)20-12-5-3-8-14(20)13-7-2-4-10-18-13/h2,4,6-7,9-11,14H,3,5,8,12H2,1H3/t14-/m1/s1. The summed E-state index contributed by atoms with van der Waals surface area (Å²) < 4.78 is 1.68. The van der Waals surface area contributed by atoms with E-state index < -0.39 is 11.7 Å². The summed E-state index contributed by atoms with van der Waals surface area (Å²) >= 11 is 0. The summed E-state index contributed by atoms with van der Waals surface area (Å²) in [6, 6.07) is 9.04. The van der Waals surface area contributed by atoms with Crippen LogP contribution < -0.4 is 0 Å². The zero-order valence-corrected chi connectivity index (χ0v) is 12.6. The number of aryl methyl sites for hydroxylation is 1. The van der Waals surface area contributed by atoms with Crippen LogP contribution in [0.15, 0.2) is 42.7 Å². The van der Waals surface area contributed by atoms with Crippen molar-refractivity contribution in [3.8, 4) is 0 Å². The van der Waals surface area contributed by atoms with Gasteiger partial charge in [0, 0.05) is 26.0 Å². The molecule has 3 heterocycles. The van der Waals surface area contributed by atoms with E-state index in [0.29, 0.717) is 12.2 Å². The van der Waals surface area contributed by atoms with Crippen LogP contribution in [0.25, 0.3) is 0 Å². The van der Waals surface area contributed by atoms with E-state index in [1.807, 2.05) is 18.2 Å². The Kier molecular flexibility index (Phi) is 4.04. The van der Waals surface area contributed by atoms with E-state index in [2.05, 4.69) is 4.98 Å². The number of amides is 1. The maximum atomic E-state index is 12.7. The van der Waals surface area contributed by atoms with Gasteiger partial charge in [-0.25, -0.2) is 0 Å². The molecule has 0 aromatic carbocycles. The zero-order chi connectivity index (χ0) is 15.5. The largest absolute Gasteiger partial charge is 0.348 e. The van der Waals surface area contributed by atoms with E-state index >= 15 is 0 Å². The lowest BCUT2D eigenvalue weighted by Gasteiger charge is -2.34. The smallest absolute Gasteiger partial charge is 0.297 e. The lowest BCUT2D eigenvalue weighted by Crippen LogP contribution is -2.43. The van der Waals surface area contributed by atoms with Crippen molar-refractivity contribution in [2.75, 3.05) is 6.54 Å². The molecule has 2 aromatic heterocycles. The van der Waals surface area contributed by atoms with Crippen LogP contribution in [0.1, 0.15) is 41.5 Å². The van der Waals surface area contributed by atoms with Crippen molar-refractivity contribution < 1.29 is 9.59 Å². The van der Waals surface area contributed by atoms with Gasteiger partial charge in [-0.1, -0.05) is 6.07 Å². The Morgan fingerprint density at radius 2 is 2.05 bits per heavy atom. The fraction of sp³-hybridized carbons (Fsp3) is 0.353. The van der Waals surface area contributed by atoms with Crippen LogP contribution in [-0.2, 0) is 11.8 Å². The van der Waals surface area contributed by atoms with Crippen molar-refractivity contribution in [1.29, 1.82) is 0 Å². The Labute approximate surface area is 129 Å². The van der Waals surface area contributed by atoms with Crippen LogP contribution in [0.4, 0.5) is 0 Å². The molecule has 1 aliphatic rings. The van der Waals surface area contributed by atoms with Crippen molar-refractivity contribution >= 4 is 11.7 Å². The summed E-state index contributed by atoms with van der Waals surface area (Å²) in [5.41, 5.74) is 1.28. The number of hydrogen-bond acceptors (Lipinski definition) is 3. The van der Waals surface area contributed by atoms with Crippen LogP contribution in [0.2, 0.25) is 0 Å². The minimum absolute atomic E-state index is 0.105. The lowest BCUT2D eigenvalue weighted by atomic mass is 9.98. The number of ketones is 1. The molecule has 0 spiro atoms. The third-order valence-electron chi connectivity index (χ3n) is 4.16. The Bertz CT molecular complexity index is 678. The van der Waals surface area contributed by atoms with Gasteiger partial charge in [0.05, 0.1) is 17.4 Å². The molecule has 0 aliphatic carbocycles. The minimum Gasteiger partial charge on any atom is -0.348 e. The third kappa shape index (κ3) is 2.66. The predicted molar refractivity (Wildman–Crippen MR) is 82.3 cm³/mol. The molecule has 3 rings (SSSR count). The number of carbonyl (C=O) groups excluding carboxylic acids is 2. The molecule has 0 radical (unpaired) electrons. The van der Waals surface area contributed by atoms with Crippen LogP contribution in [0.3, 0.4) is 0 Å². The molecule has 1 saturated heterocycles. The normalized spacial score (nSPS) is 18.2. The van der Waals surface area contributed by atoms with Gasteiger partial charge in [0.1, 0.15) is 0 Å². The number of carbonyl (C=O) groups is 2. The summed E-state index contributed by atoms with van der Waals surface area (Å²) in [6.45, 7) is 0.607. The molecule has 1 amide bonds. The highest BCUT2D eigenvalue weighted by Crippen LogP contribution is 2.30. The highest BCUT2D eigenvalue weighted by molar-refractivity contribution is 6.42. The zero-order valence-electron chi connectivity index (χ0n) is 12.6. The number of Topliss-reactive ketones (excluding diaryl/α,β-unsaturated/α-hetero) is 1. The molecule has 5 nitrogen and oxygen atoms in total. The first kappa shape index (κ1) is 14.5. The number of pyridine rings is 1. The molecule has 1 fully saturated rings. The Balaban J connectivity index is 1.86. The number of piperidine rings is 1. The van der Waals surface area contributed by atoms with E-state index in [1.54, 1.807) is 41.0 Å². The van der Waals surface area contributed by atoms with Crippen LogP contribution in [-0.4, -0.2) is 32.7 Å². The van der Waals surface area contributed by atoms with Gasteiger partial charge < -0.3 is 9.47 Å². The fourth-order valence-corrected chi connectivity index (χ4v) is 2.99. The van der Waals surface area contributed by atoms with Gasteiger partial charge in [-0.05, 0) is 43.5 Å². The second-order valence-electron chi connectivity index (χ2n) is 5.60. The summed E-state index contributed by atoms with van der Waals surface area (Å²) in [5.74, 6) is -0.882. The van der Waals surface area contributed by atoms with Crippen LogP contribution >= 0.6 is 0 Å². The van der Waals surface area contributed by atoms with Gasteiger partial charge in [0.2, 0.25) is 0 Å². The van der Waals surface area contributed by atoms with Crippen molar-refractivity contribution in [2.45, 2.75) is 25.3 Å². The van der Waals surface area contributed by atoms with Crippen molar-refractivity contribution in [3.05, 3.63) is 54.1 Å². The molecule has 0 unspecified atom stereocenters. The highest BCUT2D eigenvalue weighted by atomic mass is 16.2. The average molecular weight is 297 g/mol. The SMILES string of the molecule is Cn1cccc1C(=O)C(=O)N1CCCC[C@@H]1c1ccccn1. The summed E-state index contributed by atoms with van der Waals surface area (Å²) in [5, 5.41) is 0. The molecular formula is C17H19N3O2. The highest BCUT2D eigenvalue weighted by Gasteiger charge is 2.33. The Morgan fingerprint density at radius 3 is 2.73 bits per heavy atom. The van der Waals surface area contributed by atoms with E-state index in [0.717, 1.165) is 25.0 Å². The average Bonchev–Trinajstić information content (AvgIpc) is 3.00. The molecule has 114 valence electrons. The number of nitrogens with zero attached hydrogens (tertiary/aromatic N) is 3. The van der Waals surface area contributed by atoms with Gasteiger partial charge >= 0.3 is 0 Å². The van der Waals surface area contributed by atoms with E-state index in [-0.39, 0.29) is 6.04 Å². The second-order valence-corrected chi connectivity index (χ2v) is 5.60. The first-order valence-corrected chi connectivity index (χ1v) is 7.56. The molecule has 1 atom stereocenters. The summed E-state index contributed by atoms with van der Waals surface area (Å²) in [6.07, 6.45) is 6.32. The molecular weight excluding hydrogens is 278 g/mol. The van der Waals surface area contributed by atoms with Gasteiger partial charge in [0.15, 0.2) is 0 Å². The number of rotatable bonds is 3. The van der Waals surface area contributed by atoms with Gasteiger partial charge in [-0.2, -0.15) is 0 Å². The number of aromatic nitrogens is 2. The molecule has 0 saturated carbocycles. The molecule has 2 aromatic rings. The quantitative estimate of drug-likeness (QED) is 0.645. The monoisotopic (exact) mass is 297 g/mol. The maximum Gasteiger partial charge on any atom is 0.297 e. The van der Waals surface area contributed by atoms with Crippen molar-refractivity contribution in [1.82, 2.24) is 14.5 Å². The first-order chi connectivity index (χ1) is 10.7. The summed E-state index contributed by atoms with van der Waals surface area (Å²) in [4.78, 5) is 31.2. The second kappa shape index (κ2) is 6.13. The van der Waals surface area contributed by atoms with Crippen LogP contribution in [0.5, 0.6) is 0 Å².